The van der Waals surface area contributed by atoms with Crippen molar-refractivity contribution < 1.29 is 5.11 Å². The summed E-state index contributed by atoms with van der Waals surface area (Å²) in [4.78, 5) is 2.13. The molecule has 2 rings (SSSR count). The molecule has 2 heteroatoms. The van der Waals surface area contributed by atoms with Gasteiger partial charge in [0, 0.05) is 18.9 Å². The van der Waals surface area contributed by atoms with E-state index < -0.39 is 5.60 Å². The predicted octanol–water partition coefficient (Wildman–Crippen LogP) is 3.31. The molecule has 2 aromatic carbocycles. The van der Waals surface area contributed by atoms with Crippen molar-refractivity contribution in [3.8, 4) is 0 Å². The van der Waals surface area contributed by atoms with Crippen LogP contribution < -0.4 is 0 Å². The molecular weight excluding hydrogens is 258 g/mol. The number of rotatable bonds is 6. The van der Waals surface area contributed by atoms with E-state index in [4.69, 9.17) is 0 Å². The number of benzene rings is 2. The van der Waals surface area contributed by atoms with Crippen molar-refractivity contribution >= 4 is 0 Å². The van der Waals surface area contributed by atoms with Crippen LogP contribution in [-0.4, -0.2) is 30.6 Å². The van der Waals surface area contributed by atoms with E-state index in [-0.39, 0.29) is 5.92 Å². The Balaban J connectivity index is 2.34. The first-order valence-corrected chi connectivity index (χ1v) is 7.49. The molecule has 0 amide bonds. The van der Waals surface area contributed by atoms with Gasteiger partial charge in [-0.05, 0) is 25.2 Å². The van der Waals surface area contributed by atoms with Crippen LogP contribution in [0.4, 0.5) is 0 Å². The Hall–Kier alpha value is -1.64. The van der Waals surface area contributed by atoms with Gasteiger partial charge in [-0.3, -0.25) is 0 Å². The maximum atomic E-state index is 11.4. The van der Waals surface area contributed by atoms with Crippen LogP contribution in [-0.2, 0) is 12.0 Å². The standard InChI is InChI=1S/C19H25NO/c1-16(15-20(2)3)19(21,18-12-8-5-9-13-18)14-17-10-6-4-7-11-17/h4-13,16,21H,14-15H2,1-3H3/t16-,19-/m0/s1. The highest BCUT2D eigenvalue weighted by atomic mass is 16.3. The van der Waals surface area contributed by atoms with Gasteiger partial charge in [0.05, 0.1) is 5.60 Å². The lowest BCUT2D eigenvalue weighted by molar-refractivity contribution is -0.0254. The lowest BCUT2D eigenvalue weighted by atomic mass is 9.77. The van der Waals surface area contributed by atoms with Gasteiger partial charge in [-0.1, -0.05) is 67.6 Å². The van der Waals surface area contributed by atoms with Gasteiger partial charge in [-0.15, -0.1) is 0 Å². The quantitative estimate of drug-likeness (QED) is 0.879. The minimum Gasteiger partial charge on any atom is -0.384 e. The van der Waals surface area contributed by atoms with E-state index in [2.05, 4.69) is 24.0 Å². The highest BCUT2D eigenvalue weighted by molar-refractivity contribution is 5.27. The summed E-state index contributed by atoms with van der Waals surface area (Å²) in [6.07, 6.45) is 0.632. The van der Waals surface area contributed by atoms with Gasteiger partial charge in [0.25, 0.3) is 0 Å². The van der Waals surface area contributed by atoms with Crippen molar-refractivity contribution in [3.63, 3.8) is 0 Å². The summed E-state index contributed by atoms with van der Waals surface area (Å²) < 4.78 is 0. The van der Waals surface area contributed by atoms with Crippen LogP contribution in [0.15, 0.2) is 60.7 Å². The molecule has 0 fully saturated rings. The molecule has 2 aromatic rings. The van der Waals surface area contributed by atoms with Crippen LogP contribution in [0.2, 0.25) is 0 Å². The normalized spacial score (nSPS) is 15.7. The Labute approximate surface area is 128 Å². The van der Waals surface area contributed by atoms with Gasteiger partial charge in [0.1, 0.15) is 0 Å². The molecule has 0 aliphatic rings. The van der Waals surface area contributed by atoms with Crippen LogP contribution in [0.3, 0.4) is 0 Å². The van der Waals surface area contributed by atoms with E-state index >= 15 is 0 Å². The van der Waals surface area contributed by atoms with Crippen molar-refractivity contribution in [1.82, 2.24) is 4.90 Å². The van der Waals surface area contributed by atoms with Gasteiger partial charge in [-0.2, -0.15) is 0 Å². The SMILES string of the molecule is C[C@@H](CN(C)C)[C@@](O)(Cc1ccccc1)c1ccccc1. The summed E-state index contributed by atoms with van der Waals surface area (Å²) in [6.45, 7) is 2.97. The second kappa shape index (κ2) is 6.88. The van der Waals surface area contributed by atoms with Gasteiger partial charge < -0.3 is 10.0 Å². The average molecular weight is 283 g/mol. The molecule has 2 nitrogen and oxygen atoms in total. The third-order valence-electron chi connectivity index (χ3n) is 4.04. The largest absolute Gasteiger partial charge is 0.384 e. The van der Waals surface area contributed by atoms with Crippen molar-refractivity contribution in [2.24, 2.45) is 5.92 Å². The van der Waals surface area contributed by atoms with Crippen molar-refractivity contribution in [1.29, 1.82) is 0 Å². The molecule has 0 unspecified atom stereocenters. The van der Waals surface area contributed by atoms with Gasteiger partial charge in [0.15, 0.2) is 0 Å². The van der Waals surface area contributed by atoms with Crippen LogP contribution >= 0.6 is 0 Å². The maximum Gasteiger partial charge on any atom is 0.0974 e. The molecule has 0 bridgehead atoms. The van der Waals surface area contributed by atoms with E-state index in [0.29, 0.717) is 6.42 Å². The Bertz CT molecular complexity index is 538. The smallest absolute Gasteiger partial charge is 0.0974 e. The van der Waals surface area contributed by atoms with Crippen LogP contribution in [0, 0.1) is 5.92 Å². The lowest BCUT2D eigenvalue weighted by Crippen LogP contribution is -2.41. The first-order valence-electron chi connectivity index (χ1n) is 7.49. The maximum absolute atomic E-state index is 11.4. The summed E-state index contributed by atoms with van der Waals surface area (Å²) in [7, 11) is 4.09. The molecular formula is C19H25NO. The van der Waals surface area contributed by atoms with E-state index in [0.717, 1.165) is 17.7 Å². The zero-order chi connectivity index (χ0) is 15.3. The fourth-order valence-corrected chi connectivity index (χ4v) is 2.89. The summed E-state index contributed by atoms with van der Waals surface area (Å²) in [5.74, 6) is 0.134. The number of aliphatic hydroxyl groups is 1. The van der Waals surface area contributed by atoms with E-state index in [1.807, 2.05) is 62.6 Å². The fraction of sp³-hybridized carbons (Fsp3) is 0.368. The summed E-state index contributed by atoms with van der Waals surface area (Å²) in [5.41, 5.74) is 1.30. The van der Waals surface area contributed by atoms with Crippen molar-refractivity contribution in [2.75, 3.05) is 20.6 Å². The minimum atomic E-state index is -0.854. The summed E-state index contributed by atoms with van der Waals surface area (Å²) in [6, 6.07) is 20.2. The number of hydrogen-bond donors (Lipinski definition) is 1. The third-order valence-corrected chi connectivity index (χ3v) is 4.04. The topological polar surface area (TPSA) is 23.5 Å². The van der Waals surface area contributed by atoms with E-state index in [1.54, 1.807) is 0 Å². The molecule has 0 aromatic heterocycles. The monoisotopic (exact) mass is 283 g/mol. The summed E-state index contributed by atoms with van der Waals surface area (Å²) in [5, 5.41) is 11.4. The molecule has 21 heavy (non-hydrogen) atoms. The first kappa shape index (κ1) is 15.7. The molecule has 1 N–H and O–H groups in total. The molecule has 0 radical (unpaired) electrons. The van der Waals surface area contributed by atoms with E-state index in [1.165, 1.54) is 0 Å². The zero-order valence-electron chi connectivity index (χ0n) is 13.2. The van der Waals surface area contributed by atoms with Crippen LogP contribution in [0.25, 0.3) is 0 Å². The third kappa shape index (κ3) is 3.93. The molecule has 112 valence electrons. The highest BCUT2D eigenvalue weighted by Crippen LogP contribution is 2.33. The molecule has 0 spiro atoms. The lowest BCUT2D eigenvalue weighted by Gasteiger charge is -2.36. The second-order valence-corrected chi connectivity index (χ2v) is 6.12. The molecule has 0 saturated carbocycles. The molecule has 0 heterocycles. The fourth-order valence-electron chi connectivity index (χ4n) is 2.89. The van der Waals surface area contributed by atoms with Crippen molar-refractivity contribution in [3.05, 3.63) is 71.8 Å². The predicted molar refractivity (Wildman–Crippen MR) is 88.2 cm³/mol. The first-order chi connectivity index (χ1) is 10.0. The van der Waals surface area contributed by atoms with Gasteiger partial charge in [-0.25, -0.2) is 0 Å². The zero-order valence-corrected chi connectivity index (χ0v) is 13.2. The Kier molecular flexibility index (Phi) is 5.16. The molecule has 0 aliphatic carbocycles. The molecule has 0 aliphatic heterocycles. The summed E-state index contributed by atoms with van der Waals surface area (Å²) >= 11 is 0. The number of hydrogen-bond acceptors (Lipinski definition) is 2. The second-order valence-electron chi connectivity index (χ2n) is 6.12. The minimum absolute atomic E-state index is 0.134. The van der Waals surface area contributed by atoms with Crippen LogP contribution in [0.1, 0.15) is 18.1 Å². The Morgan fingerprint density at radius 1 is 0.952 bits per heavy atom. The molecule has 2 atom stereocenters. The molecule has 0 saturated heterocycles. The number of nitrogens with zero attached hydrogens (tertiary/aromatic N) is 1. The Morgan fingerprint density at radius 3 is 2.00 bits per heavy atom. The highest BCUT2D eigenvalue weighted by Gasteiger charge is 2.35. The van der Waals surface area contributed by atoms with Gasteiger partial charge >= 0.3 is 0 Å². The average Bonchev–Trinajstić information content (AvgIpc) is 2.48. The van der Waals surface area contributed by atoms with Crippen molar-refractivity contribution in [2.45, 2.75) is 18.9 Å². The van der Waals surface area contributed by atoms with E-state index in [9.17, 15) is 5.11 Å². The van der Waals surface area contributed by atoms with Gasteiger partial charge in [0.2, 0.25) is 0 Å². The Morgan fingerprint density at radius 2 is 1.48 bits per heavy atom. The van der Waals surface area contributed by atoms with Crippen LogP contribution in [0.5, 0.6) is 0 Å².